The van der Waals surface area contributed by atoms with Crippen LogP contribution in [0.15, 0.2) is 12.1 Å². The molecule has 1 atom stereocenters. The van der Waals surface area contributed by atoms with E-state index in [2.05, 4.69) is 15.5 Å². The lowest BCUT2D eigenvalue weighted by atomic mass is 10.1. The summed E-state index contributed by atoms with van der Waals surface area (Å²) in [6.45, 7) is 2.12. The standard InChI is InChI=1S/C11H13F2N5OS/c1-2-20(19)4-3-18-11(15-16-17-18)7-5-8(12)9(13)6-10(7)14/h5-6H,2-4,14H2,1H3. The molecule has 6 nitrogen and oxygen atoms in total. The summed E-state index contributed by atoms with van der Waals surface area (Å²) in [6.07, 6.45) is 0. The normalized spacial score (nSPS) is 12.6. The molecule has 0 spiro atoms. The first kappa shape index (κ1) is 14.5. The second kappa shape index (κ2) is 6.04. The monoisotopic (exact) mass is 301 g/mol. The van der Waals surface area contributed by atoms with E-state index >= 15 is 0 Å². The first-order chi connectivity index (χ1) is 9.52. The second-order valence-corrected chi connectivity index (χ2v) is 5.88. The zero-order valence-corrected chi connectivity index (χ0v) is 11.5. The SMILES string of the molecule is CCS(=O)CCn1nnnc1-c1cc(F)c(F)cc1N. The molecule has 0 amide bonds. The lowest BCUT2D eigenvalue weighted by Crippen LogP contribution is -2.12. The fourth-order valence-corrected chi connectivity index (χ4v) is 2.30. The van der Waals surface area contributed by atoms with Gasteiger partial charge in [0, 0.05) is 39.6 Å². The summed E-state index contributed by atoms with van der Waals surface area (Å²) in [5, 5.41) is 11.0. The third-order valence-electron chi connectivity index (χ3n) is 2.72. The Morgan fingerprint density at radius 1 is 1.35 bits per heavy atom. The van der Waals surface area contributed by atoms with Gasteiger partial charge in [0.2, 0.25) is 0 Å². The molecule has 9 heteroatoms. The van der Waals surface area contributed by atoms with Crippen molar-refractivity contribution < 1.29 is 13.0 Å². The van der Waals surface area contributed by atoms with Crippen molar-refractivity contribution in [2.45, 2.75) is 13.5 Å². The zero-order valence-electron chi connectivity index (χ0n) is 10.7. The van der Waals surface area contributed by atoms with Crippen molar-refractivity contribution in [2.75, 3.05) is 17.2 Å². The molecule has 1 heterocycles. The molecule has 0 radical (unpaired) electrons. The number of rotatable bonds is 5. The minimum Gasteiger partial charge on any atom is -0.398 e. The number of aromatic nitrogens is 4. The highest BCUT2D eigenvalue weighted by Crippen LogP contribution is 2.26. The summed E-state index contributed by atoms with van der Waals surface area (Å²) in [7, 11) is -0.971. The van der Waals surface area contributed by atoms with Crippen LogP contribution in [-0.2, 0) is 17.3 Å². The van der Waals surface area contributed by atoms with Crippen LogP contribution in [0.3, 0.4) is 0 Å². The number of benzene rings is 1. The molecule has 0 saturated heterocycles. The van der Waals surface area contributed by atoms with Crippen molar-refractivity contribution in [3.8, 4) is 11.4 Å². The molecule has 108 valence electrons. The lowest BCUT2D eigenvalue weighted by Gasteiger charge is -2.07. The van der Waals surface area contributed by atoms with Gasteiger partial charge in [0.05, 0.1) is 6.54 Å². The molecule has 2 rings (SSSR count). The molecule has 2 N–H and O–H groups in total. The van der Waals surface area contributed by atoms with Crippen molar-refractivity contribution in [3.63, 3.8) is 0 Å². The highest BCUT2D eigenvalue weighted by molar-refractivity contribution is 7.84. The molecule has 0 aliphatic carbocycles. The van der Waals surface area contributed by atoms with Crippen molar-refractivity contribution in [3.05, 3.63) is 23.8 Å². The molecule has 1 aromatic carbocycles. The molecule has 0 aliphatic heterocycles. The Morgan fingerprint density at radius 3 is 2.75 bits per heavy atom. The summed E-state index contributed by atoms with van der Waals surface area (Å²) >= 11 is 0. The van der Waals surface area contributed by atoms with Gasteiger partial charge >= 0.3 is 0 Å². The number of halogens is 2. The van der Waals surface area contributed by atoms with Crippen molar-refractivity contribution in [2.24, 2.45) is 0 Å². The van der Waals surface area contributed by atoms with Crippen molar-refractivity contribution >= 4 is 16.5 Å². The number of hydrogen-bond donors (Lipinski definition) is 1. The van der Waals surface area contributed by atoms with E-state index < -0.39 is 22.4 Å². The maximum absolute atomic E-state index is 13.3. The number of anilines is 1. The Labute approximate surface area is 116 Å². The lowest BCUT2D eigenvalue weighted by molar-refractivity contribution is 0.509. The quantitative estimate of drug-likeness (QED) is 0.832. The summed E-state index contributed by atoms with van der Waals surface area (Å²) in [6, 6.07) is 1.83. The fourth-order valence-electron chi connectivity index (χ4n) is 1.64. The van der Waals surface area contributed by atoms with Gasteiger partial charge in [-0.05, 0) is 16.5 Å². The molecule has 1 aromatic heterocycles. The zero-order chi connectivity index (χ0) is 14.7. The number of nitrogens with zero attached hydrogens (tertiary/aromatic N) is 4. The van der Waals surface area contributed by atoms with E-state index in [1.807, 2.05) is 6.92 Å². The average Bonchev–Trinajstić information content (AvgIpc) is 2.88. The predicted molar refractivity (Wildman–Crippen MR) is 71.1 cm³/mol. The van der Waals surface area contributed by atoms with E-state index in [4.69, 9.17) is 5.73 Å². The van der Waals surface area contributed by atoms with E-state index in [-0.39, 0.29) is 17.1 Å². The van der Waals surface area contributed by atoms with Gasteiger partial charge in [0.1, 0.15) is 0 Å². The summed E-state index contributed by atoms with van der Waals surface area (Å²) < 4.78 is 39.1. The van der Waals surface area contributed by atoms with Crippen LogP contribution in [0.25, 0.3) is 11.4 Å². The highest BCUT2D eigenvalue weighted by Gasteiger charge is 2.16. The minimum absolute atomic E-state index is 0.0385. The molecular weight excluding hydrogens is 288 g/mol. The predicted octanol–water partition coefficient (Wildman–Crippen LogP) is 0.969. The van der Waals surface area contributed by atoms with E-state index in [0.29, 0.717) is 18.1 Å². The third-order valence-corrected chi connectivity index (χ3v) is 4.00. The van der Waals surface area contributed by atoms with Gasteiger partial charge < -0.3 is 5.73 Å². The Balaban J connectivity index is 2.32. The number of nitrogens with two attached hydrogens (primary N) is 1. The summed E-state index contributed by atoms with van der Waals surface area (Å²) in [4.78, 5) is 0. The van der Waals surface area contributed by atoms with Crippen LogP contribution in [0.1, 0.15) is 6.92 Å². The summed E-state index contributed by atoms with van der Waals surface area (Å²) in [5.41, 5.74) is 5.90. The van der Waals surface area contributed by atoms with Crippen LogP contribution in [0.2, 0.25) is 0 Å². The largest absolute Gasteiger partial charge is 0.398 e. The van der Waals surface area contributed by atoms with E-state index in [1.54, 1.807) is 0 Å². The van der Waals surface area contributed by atoms with Gasteiger partial charge in [-0.25, -0.2) is 13.5 Å². The Kier molecular flexibility index (Phi) is 4.38. The molecule has 0 aliphatic rings. The van der Waals surface area contributed by atoms with Crippen LogP contribution >= 0.6 is 0 Å². The third kappa shape index (κ3) is 2.98. The van der Waals surface area contributed by atoms with E-state index in [1.165, 1.54) is 4.68 Å². The Bertz CT molecular complexity index is 646. The molecule has 0 fully saturated rings. The van der Waals surface area contributed by atoms with Crippen LogP contribution in [0.5, 0.6) is 0 Å². The van der Waals surface area contributed by atoms with E-state index in [9.17, 15) is 13.0 Å². The average molecular weight is 301 g/mol. The van der Waals surface area contributed by atoms with E-state index in [0.717, 1.165) is 12.1 Å². The van der Waals surface area contributed by atoms with Gasteiger partial charge in [0.15, 0.2) is 17.5 Å². The first-order valence-electron chi connectivity index (χ1n) is 5.89. The number of hydrogen-bond acceptors (Lipinski definition) is 5. The fraction of sp³-hybridized carbons (Fsp3) is 0.364. The van der Waals surface area contributed by atoms with Crippen LogP contribution in [0, 0.1) is 11.6 Å². The van der Waals surface area contributed by atoms with Gasteiger partial charge in [-0.2, -0.15) is 0 Å². The first-order valence-corrected chi connectivity index (χ1v) is 7.37. The number of tetrazole rings is 1. The maximum atomic E-state index is 13.3. The van der Waals surface area contributed by atoms with Gasteiger partial charge in [-0.1, -0.05) is 6.92 Å². The molecule has 20 heavy (non-hydrogen) atoms. The highest BCUT2D eigenvalue weighted by atomic mass is 32.2. The Morgan fingerprint density at radius 2 is 2.05 bits per heavy atom. The summed E-state index contributed by atoms with van der Waals surface area (Å²) in [5.74, 6) is -0.934. The molecule has 0 bridgehead atoms. The minimum atomic E-state index is -1.03. The van der Waals surface area contributed by atoms with Crippen molar-refractivity contribution in [1.29, 1.82) is 0 Å². The van der Waals surface area contributed by atoms with Gasteiger partial charge in [0.25, 0.3) is 0 Å². The van der Waals surface area contributed by atoms with Crippen LogP contribution < -0.4 is 5.73 Å². The molecule has 0 saturated carbocycles. The van der Waals surface area contributed by atoms with Gasteiger partial charge in [-0.15, -0.1) is 5.10 Å². The molecule has 2 aromatic rings. The maximum Gasteiger partial charge on any atom is 0.184 e. The smallest absolute Gasteiger partial charge is 0.184 e. The van der Waals surface area contributed by atoms with Crippen LogP contribution in [0.4, 0.5) is 14.5 Å². The topological polar surface area (TPSA) is 86.7 Å². The number of aryl methyl sites for hydroxylation is 1. The molecular formula is C11H13F2N5OS. The Hall–Kier alpha value is -1.90. The number of nitrogen functional groups attached to an aromatic ring is 1. The van der Waals surface area contributed by atoms with Gasteiger partial charge in [-0.3, -0.25) is 4.21 Å². The molecule has 1 unspecified atom stereocenters. The van der Waals surface area contributed by atoms with Crippen molar-refractivity contribution in [1.82, 2.24) is 20.2 Å². The van der Waals surface area contributed by atoms with Crippen LogP contribution in [-0.4, -0.2) is 35.9 Å². The second-order valence-electron chi connectivity index (χ2n) is 4.01.